The van der Waals surface area contributed by atoms with Gasteiger partial charge in [-0.1, -0.05) is 12.1 Å². The summed E-state index contributed by atoms with van der Waals surface area (Å²) < 4.78 is 18.2. The molecule has 1 N–H and O–H groups in total. The van der Waals surface area contributed by atoms with Crippen molar-refractivity contribution < 1.29 is 18.7 Å². The number of hydrogen-bond donors (Lipinski definition) is 1. The molecule has 0 saturated carbocycles. The van der Waals surface area contributed by atoms with Gasteiger partial charge in [0.1, 0.15) is 17.6 Å². The molecule has 2 aromatic carbocycles. The number of nitrogens with one attached hydrogen (secondary N) is 1. The van der Waals surface area contributed by atoms with Crippen LogP contribution in [0.5, 0.6) is 5.75 Å². The molecule has 1 atom stereocenters. The maximum Gasteiger partial charge on any atom is 0.255 e. The molecule has 0 radical (unpaired) electrons. The van der Waals surface area contributed by atoms with Gasteiger partial charge in [-0.2, -0.15) is 0 Å². The van der Waals surface area contributed by atoms with Gasteiger partial charge < -0.3 is 15.0 Å². The van der Waals surface area contributed by atoms with E-state index in [-0.39, 0.29) is 17.6 Å². The highest BCUT2D eigenvalue weighted by Gasteiger charge is 2.34. The summed E-state index contributed by atoms with van der Waals surface area (Å²) in [5, 5.41) is 2.75. The molecule has 0 bridgehead atoms. The normalized spacial score (nSPS) is 17.0. The first-order valence-electron chi connectivity index (χ1n) is 7.61. The monoisotopic (exact) mass is 328 g/mol. The Hall–Kier alpha value is -2.89. The average Bonchev–Trinajstić information content (AvgIpc) is 2.96. The number of rotatable bonds is 4. The van der Waals surface area contributed by atoms with E-state index < -0.39 is 6.04 Å². The molecule has 1 heterocycles. The SMILES string of the molecule is COc1ccccc1C(=O)NC1CCN(c2ccc(F)cc2)C1=O. The van der Waals surface area contributed by atoms with Crippen molar-refractivity contribution in [2.75, 3.05) is 18.6 Å². The van der Waals surface area contributed by atoms with E-state index in [2.05, 4.69) is 5.32 Å². The molecule has 0 aromatic heterocycles. The second-order valence-electron chi connectivity index (χ2n) is 5.48. The Balaban J connectivity index is 1.71. The lowest BCUT2D eigenvalue weighted by Crippen LogP contribution is -2.41. The molecule has 1 aliphatic heterocycles. The number of ether oxygens (including phenoxy) is 1. The van der Waals surface area contributed by atoms with Crippen LogP contribution in [0.25, 0.3) is 0 Å². The second-order valence-corrected chi connectivity index (χ2v) is 5.48. The highest BCUT2D eigenvalue weighted by atomic mass is 19.1. The Morgan fingerprint density at radius 3 is 2.62 bits per heavy atom. The Bertz CT molecular complexity index is 761. The van der Waals surface area contributed by atoms with Gasteiger partial charge in [0.2, 0.25) is 5.91 Å². The van der Waals surface area contributed by atoms with Crippen molar-refractivity contribution in [3.63, 3.8) is 0 Å². The Morgan fingerprint density at radius 2 is 1.92 bits per heavy atom. The summed E-state index contributed by atoms with van der Waals surface area (Å²) in [6.45, 7) is 0.474. The predicted molar refractivity (Wildman–Crippen MR) is 87.6 cm³/mol. The van der Waals surface area contributed by atoms with E-state index in [0.29, 0.717) is 30.0 Å². The van der Waals surface area contributed by atoms with Crippen molar-refractivity contribution in [2.45, 2.75) is 12.5 Å². The van der Waals surface area contributed by atoms with E-state index in [0.717, 1.165) is 0 Å². The molecule has 0 aliphatic carbocycles. The third-order valence-corrected chi connectivity index (χ3v) is 4.00. The molecular formula is C18H17FN2O3. The lowest BCUT2D eigenvalue weighted by atomic mass is 10.1. The van der Waals surface area contributed by atoms with Crippen LogP contribution in [-0.4, -0.2) is 31.5 Å². The molecule has 5 nitrogen and oxygen atoms in total. The number of amides is 2. The smallest absolute Gasteiger partial charge is 0.255 e. The van der Waals surface area contributed by atoms with Crippen LogP contribution < -0.4 is 15.0 Å². The van der Waals surface area contributed by atoms with Crippen molar-refractivity contribution in [1.29, 1.82) is 0 Å². The number of anilines is 1. The van der Waals surface area contributed by atoms with Gasteiger partial charge in [0.25, 0.3) is 5.91 Å². The Kier molecular flexibility index (Phi) is 4.46. The molecule has 1 fully saturated rings. The van der Waals surface area contributed by atoms with E-state index in [9.17, 15) is 14.0 Å². The van der Waals surface area contributed by atoms with Crippen LogP contribution >= 0.6 is 0 Å². The zero-order valence-corrected chi connectivity index (χ0v) is 13.2. The number of halogens is 1. The third kappa shape index (κ3) is 3.08. The van der Waals surface area contributed by atoms with Crippen molar-refractivity contribution in [1.82, 2.24) is 5.32 Å². The zero-order chi connectivity index (χ0) is 17.1. The second kappa shape index (κ2) is 6.70. The molecule has 1 saturated heterocycles. The van der Waals surface area contributed by atoms with Gasteiger partial charge in [0.15, 0.2) is 0 Å². The molecule has 1 aliphatic rings. The number of methoxy groups -OCH3 is 1. The molecule has 0 spiro atoms. The number of nitrogens with zero attached hydrogens (tertiary/aromatic N) is 1. The van der Waals surface area contributed by atoms with Crippen molar-refractivity contribution >= 4 is 17.5 Å². The molecule has 1 unspecified atom stereocenters. The van der Waals surface area contributed by atoms with Gasteiger partial charge in [-0.15, -0.1) is 0 Å². The van der Waals surface area contributed by atoms with Gasteiger partial charge in [-0.25, -0.2) is 4.39 Å². The Labute approximate surface area is 139 Å². The lowest BCUT2D eigenvalue weighted by Gasteiger charge is -2.17. The van der Waals surface area contributed by atoms with Crippen LogP contribution in [0.2, 0.25) is 0 Å². The summed E-state index contributed by atoms with van der Waals surface area (Å²) in [5.74, 6) is -0.459. The van der Waals surface area contributed by atoms with Crippen LogP contribution in [0, 0.1) is 5.82 Å². The summed E-state index contributed by atoms with van der Waals surface area (Å²) in [5.41, 5.74) is 1.00. The highest BCUT2D eigenvalue weighted by Crippen LogP contribution is 2.23. The lowest BCUT2D eigenvalue weighted by molar-refractivity contribution is -0.118. The summed E-state index contributed by atoms with van der Waals surface area (Å²) in [6.07, 6.45) is 0.497. The topological polar surface area (TPSA) is 58.6 Å². The summed E-state index contributed by atoms with van der Waals surface area (Å²) >= 11 is 0. The van der Waals surface area contributed by atoms with Gasteiger partial charge in [-0.05, 0) is 42.8 Å². The minimum absolute atomic E-state index is 0.204. The maximum atomic E-state index is 13.0. The number of benzene rings is 2. The van der Waals surface area contributed by atoms with Gasteiger partial charge >= 0.3 is 0 Å². The van der Waals surface area contributed by atoms with E-state index >= 15 is 0 Å². The minimum atomic E-state index is -0.604. The maximum absolute atomic E-state index is 13.0. The van der Waals surface area contributed by atoms with E-state index in [4.69, 9.17) is 4.74 Å². The molecule has 24 heavy (non-hydrogen) atoms. The van der Waals surface area contributed by atoms with Crippen molar-refractivity contribution in [3.05, 3.63) is 59.9 Å². The van der Waals surface area contributed by atoms with Gasteiger partial charge in [0.05, 0.1) is 12.7 Å². The Morgan fingerprint density at radius 1 is 1.21 bits per heavy atom. The molecule has 6 heteroatoms. The van der Waals surface area contributed by atoms with Crippen LogP contribution in [-0.2, 0) is 4.79 Å². The first kappa shape index (κ1) is 16.0. The number of hydrogen-bond acceptors (Lipinski definition) is 3. The predicted octanol–water partition coefficient (Wildman–Crippen LogP) is 2.37. The van der Waals surface area contributed by atoms with Crippen molar-refractivity contribution in [2.24, 2.45) is 0 Å². The van der Waals surface area contributed by atoms with Gasteiger partial charge in [-0.3, -0.25) is 9.59 Å². The van der Waals surface area contributed by atoms with E-state index in [1.807, 2.05) is 0 Å². The minimum Gasteiger partial charge on any atom is -0.496 e. The van der Waals surface area contributed by atoms with Crippen LogP contribution in [0.15, 0.2) is 48.5 Å². The van der Waals surface area contributed by atoms with Crippen molar-refractivity contribution in [3.8, 4) is 5.75 Å². The average molecular weight is 328 g/mol. The fourth-order valence-corrected chi connectivity index (χ4v) is 2.76. The zero-order valence-electron chi connectivity index (χ0n) is 13.2. The number of carbonyl (C=O) groups excluding carboxylic acids is 2. The van der Waals surface area contributed by atoms with E-state index in [1.54, 1.807) is 41.3 Å². The van der Waals surface area contributed by atoms with Gasteiger partial charge in [0, 0.05) is 12.2 Å². The molecule has 2 aromatic rings. The van der Waals surface area contributed by atoms with Crippen LogP contribution in [0.3, 0.4) is 0 Å². The standard InChI is InChI=1S/C18H17FN2O3/c1-24-16-5-3-2-4-14(16)17(22)20-15-10-11-21(18(15)23)13-8-6-12(19)7-9-13/h2-9,15H,10-11H2,1H3,(H,20,22). The fraction of sp³-hybridized carbons (Fsp3) is 0.222. The summed E-state index contributed by atoms with van der Waals surface area (Å²) in [7, 11) is 1.49. The summed E-state index contributed by atoms with van der Waals surface area (Å²) in [6, 6.07) is 12.0. The largest absolute Gasteiger partial charge is 0.496 e. The van der Waals surface area contributed by atoms with Crippen LogP contribution in [0.4, 0.5) is 10.1 Å². The third-order valence-electron chi connectivity index (χ3n) is 4.00. The molecular weight excluding hydrogens is 311 g/mol. The first-order valence-corrected chi connectivity index (χ1v) is 7.61. The quantitative estimate of drug-likeness (QED) is 0.937. The fourth-order valence-electron chi connectivity index (χ4n) is 2.76. The first-order chi connectivity index (χ1) is 11.6. The molecule has 124 valence electrons. The number of carbonyl (C=O) groups is 2. The molecule has 3 rings (SSSR count). The highest BCUT2D eigenvalue weighted by molar-refractivity contribution is 6.04. The summed E-state index contributed by atoms with van der Waals surface area (Å²) in [4.78, 5) is 26.4. The molecule has 2 amide bonds. The van der Waals surface area contributed by atoms with Crippen LogP contribution in [0.1, 0.15) is 16.8 Å². The van der Waals surface area contributed by atoms with E-state index in [1.165, 1.54) is 19.2 Å². The number of para-hydroxylation sites is 1.